The van der Waals surface area contributed by atoms with Gasteiger partial charge in [-0.15, -0.1) is 0 Å². The van der Waals surface area contributed by atoms with Crippen molar-refractivity contribution in [1.29, 1.82) is 0 Å². The number of ether oxygens (including phenoxy) is 1. The van der Waals surface area contributed by atoms with Gasteiger partial charge >= 0.3 is 5.97 Å². The van der Waals surface area contributed by atoms with Crippen LogP contribution in [0.2, 0.25) is 0 Å². The van der Waals surface area contributed by atoms with Gasteiger partial charge in [-0.05, 0) is 25.5 Å². The van der Waals surface area contributed by atoms with Crippen LogP contribution in [0.4, 0.5) is 0 Å². The smallest absolute Gasteiger partial charge is 0.338 e. The fraction of sp³-hybridized carbons (Fsp3) is 0.214. The number of carbonyl (C=O) groups is 1. The first-order valence-electron chi connectivity index (χ1n) is 5.34. The van der Waals surface area contributed by atoms with Crippen LogP contribution in [0.1, 0.15) is 23.7 Å². The molecular formula is C14H16O2. The molecule has 0 fully saturated rings. The molecule has 84 valence electrons. The molecule has 0 aromatic heterocycles. The van der Waals surface area contributed by atoms with E-state index in [2.05, 4.69) is 0 Å². The molecule has 1 rings (SSSR count). The van der Waals surface area contributed by atoms with Crippen LogP contribution in [0.25, 0.3) is 0 Å². The number of benzene rings is 1. The number of rotatable bonds is 5. The third kappa shape index (κ3) is 4.60. The van der Waals surface area contributed by atoms with E-state index in [0.29, 0.717) is 12.2 Å². The van der Waals surface area contributed by atoms with Crippen molar-refractivity contribution in [3.8, 4) is 0 Å². The number of allylic oxidation sites excluding steroid dienone is 3. The zero-order valence-corrected chi connectivity index (χ0v) is 9.43. The quantitative estimate of drug-likeness (QED) is 0.428. The molecule has 0 saturated heterocycles. The van der Waals surface area contributed by atoms with Crippen LogP contribution >= 0.6 is 0 Å². The highest BCUT2D eigenvalue weighted by atomic mass is 16.5. The standard InChI is InChI=1S/C14H16O2/c1-2-3-4-5-9-12-16-14(15)13-10-7-6-8-11-13/h2-8,10-11H,9,12H2,1H3. The lowest BCUT2D eigenvalue weighted by atomic mass is 10.2. The first-order valence-corrected chi connectivity index (χ1v) is 5.34. The maximum absolute atomic E-state index is 11.5. The van der Waals surface area contributed by atoms with Gasteiger partial charge in [-0.2, -0.15) is 0 Å². The Morgan fingerprint density at radius 3 is 2.69 bits per heavy atom. The highest BCUT2D eigenvalue weighted by molar-refractivity contribution is 5.89. The summed E-state index contributed by atoms with van der Waals surface area (Å²) in [5, 5.41) is 0. The summed E-state index contributed by atoms with van der Waals surface area (Å²) in [6.07, 6.45) is 8.54. The predicted octanol–water partition coefficient (Wildman–Crippen LogP) is 3.37. The molecule has 0 spiro atoms. The van der Waals surface area contributed by atoms with Crippen molar-refractivity contribution in [2.24, 2.45) is 0 Å². The third-order valence-corrected chi connectivity index (χ3v) is 1.97. The summed E-state index contributed by atoms with van der Waals surface area (Å²) < 4.78 is 5.09. The highest BCUT2D eigenvalue weighted by Gasteiger charge is 2.03. The SMILES string of the molecule is CC=CC=CCCOC(=O)c1ccccc1. The van der Waals surface area contributed by atoms with Gasteiger partial charge in [0.15, 0.2) is 0 Å². The first-order chi connectivity index (χ1) is 7.84. The molecule has 0 aliphatic carbocycles. The van der Waals surface area contributed by atoms with Gasteiger partial charge in [-0.1, -0.05) is 42.5 Å². The van der Waals surface area contributed by atoms with E-state index in [1.165, 1.54) is 0 Å². The van der Waals surface area contributed by atoms with Crippen molar-refractivity contribution in [3.63, 3.8) is 0 Å². The maximum Gasteiger partial charge on any atom is 0.338 e. The Kier molecular flexibility index (Phi) is 5.71. The Morgan fingerprint density at radius 2 is 2.00 bits per heavy atom. The van der Waals surface area contributed by atoms with Crippen LogP contribution in [0, 0.1) is 0 Å². The summed E-state index contributed by atoms with van der Waals surface area (Å²) in [6, 6.07) is 9.01. The van der Waals surface area contributed by atoms with Crippen LogP contribution in [0.15, 0.2) is 54.6 Å². The van der Waals surface area contributed by atoms with E-state index in [1.54, 1.807) is 12.1 Å². The van der Waals surface area contributed by atoms with Crippen molar-refractivity contribution < 1.29 is 9.53 Å². The topological polar surface area (TPSA) is 26.3 Å². The summed E-state index contributed by atoms with van der Waals surface area (Å²) in [5.41, 5.74) is 0.597. The fourth-order valence-corrected chi connectivity index (χ4v) is 1.16. The zero-order chi connectivity index (χ0) is 11.6. The van der Waals surface area contributed by atoms with E-state index in [4.69, 9.17) is 4.74 Å². The van der Waals surface area contributed by atoms with Crippen LogP contribution < -0.4 is 0 Å². The van der Waals surface area contributed by atoms with Crippen molar-refractivity contribution in [2.45, 2.75) is 13.3 Å². The second-order valence-electron chi connectivity index (χ2n) is 3.24. The molecule has 2 heteroatoms. The lowest BCUT2D eigenvalue weighted by Crippen LogP contribution is -2.05. The van der Waals surface area contributed by atoms with Gasteiger partial charge in [0.1, 0.15) is 0 Å². The summed E-state index contributed by atoms with van der Waals surface area (Å²) in [4.78, 5) is 11.5. The van der Waals surface area contributed by atoms with E-state index in [0.717, 1.165) is 6.42 Å². The summed E-state index contributed by atoms with van der Waals surface area (Å²) >= 11 is 0. The van der Waals surface area contributed by atoms with Crippen molar-refractivity contribution in [2.75, 3.05) is 6.61 Å². The highest BCUT2D eigenvalue weighted by Crippen LogP contribution is 2.01. The number of hydrogen-bond acceptors (Lipinski definition) is 2. The molecule has 0 saturated carbocycles. The molecule has 0 aliphatic rings. The Morgan fingerprint density at radius 1 is 1.25 bits per heavy atom. The van der Waals surface area contributed by atoms with E-state index in [9.17, 15) is 4.79 Å². The Bertz CT molecular complexity index is 364. The van der Waals surface area contributed by atoms with E-state index < -0.39 is 0 Å². The van der Waals surface area contributed by atoms with Gasteiger partial charge in [-0.25, -0.2) is 4.79 Å². The Balaban J connectivity index is 2.26. The minimum atomic E-state index is -0.264. The van der Waals surface area contributed by atoms with Crippen molar-refractivity contribution in [1.82, 2.24) is 0 Å². The predicted molar refractivity (Wildman–Crippen MR) is 65.3 cm³/mol. The molecule has 0 unspecified atom stereocenters. The summed E-state index contributed by atoms with van der Waals surface area (Å²) in [6.45, 7) is 2.38. The van der Waals surface area contributed by atoms with Crippen LogP contribution in [-0.4, -0.2) is 12.6 Å². The minimum absolute atomic E-state index is 0.264. The number of esters is 1. The summed E-state index contributed by atoms with van der Waals surface area (Å²) in [7, 11) is 0. The number of carbonyl (C=O) groups excluding carboxylic acids is 1. The first kappa shape index (κ1) is 12.2. The average Bonchev–Trinajstić information content (AvgIpc) is 2.34. The van der Waals surface area contributed by atoms with Crippen LogP contribution in [0.5, 0.6) is 0 Å². The zero-order valence-electron chi connectivity index (χ0n) is 9.43. The minimum Gasteiger partial charge on any atom is -0.462 e. The molecule has 0 amide bonds. The molecular weight excluding hydrogens is 200 g/mol. The van der Waals surface area contributed by atoms with Gasteiger partial charge in [0.2, 0.25) is 0 Å². The molecule has 0 N–H and O–H groups in total. The normalized spacial score (nSPS) is 11.1. The van der Waals surface area contributed by atoms with Crippen LogP contribution in [0.3, 0.4) is 0 Å². The van der Waals surface area contributed by atoms with Gasteiger partial charge < -0.3 is 4.74 Å². The number of hydrogen-bond donors (Lipinski definition) is 0. The molecule has 1 aromatic rings. The van der Waals surface area contributed by atoms with E-state index in [-0.39, 0.29) is 5.97 Å². The van der Waals surface area contributed by atoms with Gasteiger partial charge in [0.25, 0.3) is 0 Å². The molecule has 0 bridgehead atoms. The lowest BCUT2D eigenvalue weighted by molar-refractivity contribution is 0.0511. The van der Waals surface area contributed by atoms with Crippen LogP contribution in [-0.2, 0) is 4.74 Å². The molecule has 0 aliphatic heterocycles. The van der Waals surface area contributed by atoms with Crippen molar-refractivity contribution in [3.05, 3.63) is 60.2 Å². The third-order valence-electron chi connectivity index (χ3n) is 1.97. The van der Waals surface area contributed by atoms with E-state index in [1.807, 2.05) is 49.4 Å². The molecule has 2 nitrogen and oxygen atoms in total. The Labute approximate surface area is 96.2 Å². The molecule has 1 aromatic carbocycles. The van der Waals surface area contributed by atoms with Gasteiger partial charge in [0, 0.05) is 0 Å². The van der Waals surface area contributed by atoms with Gasteiger partial charge in [0.05, 0.1) is 12.2 Å². The molecule has 16 heavy (non-hydrogen) atoms. The molecule has 0 radical (unpaired) electrons. The fourth-order valence-electron chi connectivity index (χ4n) is 1.16. The molecule has 0 atom stereocenters. The lowest BCUT2D eigenvalue weighted by Gasteiger charge is -2.01. The molecule has 0 heterocycles. The maximum atomic E-state index is 11.5. The second-order valence-corrected chi connectivity index (χ2v) is 3.24. The monoisotopic (exact) mass is 216 g/mol. The van der Waals surface area contributed by atoms with E-state index >= 15 is 0 Å². The van der Waals surface area contributed by atoms with Gasteiger partial charge in [-0.3, -0.25) is 0 Å². The largest absolute Gasteiger partial charge is 0.462 e. The summed E-state index contributed by atoms with van der Waals surface area (Å²) in [5.74, 6) is -0.264. The second kappa shape index (κ2) is 7.46. The Hall–Kier alpha value is -1.83. The average molecular weight is 216 g/mol. The van der Waals surface area contributed by atoms with Crippen molar-refractivity contribution >= 4 is 5.97 Å².